The van der Waals surface area contributed by atoms with Gasteiger partial charge in [0.1, 0.15) is 0 Å². The minimum Gasteiger partial charge on any atom is -0.338 e. The Morgan fingerprint density at radius 2 is 1.35 bits per heavy atom. The summed E-state index contributed by atoms with van der Waals surface area (Å²) in [7, 11) is 0. The first-order valence-corrected chi connectivity index (χ1v) is 9.00. The molecule has 0 aliphatic rings. The van der Waals surface area contributed by atoms with Gasteiger partial charge in [0.25, 0.3) is 0 Å². The molecule has 0 bridgehead atoms. The average molecular weight is 365 g/mol. The van der Waals surface area contributed by atoms with Gasteiger partial charge in [-0.1, -0.05) is 72.3 Å². The third-order valence-electron chi connectivity index (χ3n) is 4.22. The van der Waals surface area contributed by atoms with Gasteiger partial charge >= 0.3 is 6.03 Å². The molecular weight excluding hydrogens is 344 g/mol. The fourth-order valence-electron chi connectivity index (χ4n) is 2.94. The van der Waals surface area contributed by atoms with E-state index in [1.807, 2.05) is 36.4 Å². The molecule has 0 unspecified atom stereocenters. The number of carbonyl (C=O) groups excluding carboxylic acids is 1. The highest BCUT2D eigenvalue weighted by Gasteiger charge is 2.14. The molecule has 3 aromatic rings. The molecule has 0 heterocycles. The number of benzene rings is 3. The minimum absolute atomic E-state index is 0.216. The van der Waals surface area contributed by atoms with Crippen molar-refractivity contribution in [3.05, 3.63) is 101 Å². The highest BCUT2D eigenvalue weighted by molar-refractivity contribution is 6.30. The first-order chi connectivity index (χ1) is 12.7. The van der Waals surface area contributed by atoms with Gasteiger partial charge in [-0.25, -0.2) is 4.79 Å². The van der Waals surface area contributed by atoms with Gasteiger partial charge in [-0.2, -0.15) is 0 Å². The minimum atomic E-state index is -0.216. The standard InChI is InChI=1S/C22H21ClN2O/c23-19-11-13-20(14-12-19)25-22(26)24-16-15-21(17-7-3-1-4-8-17)18-9-5-2-6-10-18/h1-14,21H,15-16H2,(H2,24,25,26). The average Bonchev–Trinajstić information content (AvgIpc) is 2.68. The number of hydrogen-bond acceptors (Lipinski definition) is 1. The molecule has 2 N–H and O–H groups in total. The Morgan fingerprint density at radius 3 is 1.88 bits per heavy atom. The van der Waals surface area contributed by atoms with Crippen molar-refractivity contribution in [1.29, 1.82) is 0 Å². The summed E-state index contributed by atoms with van der Waals surface area (Å²) in [5.41, 5.74) is 3.21. The number of hydrogen-bond donors (Lipinski definition) is 2. The lowest BCUT2D eigenvalue weighted by atomic mass is 9.88. The molecule has 0 spiro atoms. The van der Waals surface area contributed by atoms with Crippen molar-refractivity contribution in [1.82, 2.24) is 5.32 Å². The van der Waals surface area contributed by atoms with Gasteiger partial charge in [0.15, 0.2) is 0 Å². The van der Waals surface area contributed by atoms with Gasteiger partial charge in [-0.05, 0) is 41.8 Å². The second-order valence-corrected chi connectivity index (χ2v) is 6.49. The molecule has 0 saturated carbocycles. The summed E-state index contributed by atoms with van der Waals surface area (Å²) in [5.74, 6) is 0.244. The van der Waals surface area contributed by atoms with Crippen molar-refractivity contribution in [3.8, 4) is 0 Å². The van der Waals surface area contributed by atoms with E-state index in [1.165, 1.54) is 11.1 Å². The number of urea groups is 1. The second-order valence-electron chi connectivity index (χ2n) is 6.05. The van der Waals surface area contributed by atoms with E-state index in [9.17, 15) is 4.79 Å². The molecule has 0 aliphatic heterocycles. The smallest absolute Gasteiger partial charge is 0.319 e. The zero-order chi connectivity index (χ0) is 18.2. The van der Waals surface area contributed by atoms with Crippen LogP contribution in [-0.4, -0.2) is 12.6 Å². The molecule has 3 aromatic carbocycles. The first kappa shape index (κ1) is 18.0. The van der Waals surface area contributed by atoms with Crippen molar-refractivity contribution in [2.75, 3.05) is 11.9 Å². The summed E-state index contributed by atoms with van der Waals surface area (Å²) in [6.07, 6.45) is 0.821. The van der Waals surface area contributed by atoms with Crippen LogP contribution in [-0.2, 0) is 0 Å². The number of carbonyl (C=O) groups is 1. The summed E-state index contributed by atoms with van der Waals surface area (Å²) in [4.78, 5) is 12.1. The topological polar surface area (TPSA) is 41.1 Å². The van der Waals surface area contributed by atoms with Crippen molar-refractivity contribution in [2.45, 2.75) is 12.3 Å². The van der Waals surface area contributed by atoms with Gasteiger partial charge in [0, 0.05) is 23.2 Å². The Bertz CT molecular complexity index is 780. The van der Waals surface area contributed by atoms with E-state index in [0.717, 1.165) is 12.1 Å². The van der Waals surface area contributed by atoms with Gasteiger partial charge in [-0.15, -0.1) is 0 Å². The monoisotopic (exact) mass is 364 g/mol. The fourth-order valence-corrected chi connectivity index (χ4v) is 3.06. The van der Waals surface area contributed by atoms with Crippen LogP contribution in [0, 0.1) is 0 Å². The van der Waals surface area contributed by atoms with Crippen molar-refractivity contribution < 1.29 is 4.79 Å². The maximum atomic E-state index is 12.1. The number of nitrogens with one attached hydrogen (secondary N) is 2. The molecule has 3 rings (SSSR count). The van der Waals surface area contributed by atoms with E-state index in [1.54, 1.807) is 24.3 Å². The number of rotatable bonds is 6. The molecule has 2 amide bonds. The fraction of sp³-hybridized carbons (Fsp3) is 0.136. The second kappa shape index (κ2) is 9.07. The first-order valence-electron chi connectivity index (χ1n) is 8.62. The maximum absolute atomic E-state index is 12.1. The van der Waals surface area contributed by atoms with Crippen LogP contribution in [0.3, 0.4) is 0 Å². The normalized spacial score (nSPS) is 10.5. The van der Waals surface area contributed by atoms with E-state index >= 15 is 0 Å². The van der Waals surface area contributed by atoms with Crippen LogP contribution in [0.4, 0.5) is 10.5 Å². The van der Waals surface area contributed by atoms with E-state index in [-0.39, 0.29) is 11.9 Å². The molecule has 4 heteroatoms. The molecular formula is C22H21ClN2O. The van der Waals surface area contributed by atoms with Crippen LogP contribution in [0.2, 0.25) is 5.02 Å². The van der Waals surface area contributed by atoms with E-state index in [2.05, 4.69) is 34.9 Å². The molecule has 26 heavy (non-hydrogen) atoms. The van der Waals surface area contributed by atoms with Crippen LogP contribution in [0.15, 0.2) is 84.9 Å². The third-order valence-corrected chi connectivity index (χ3v) is 4.48. The molecule has 0 fully saturated rings. The van der Waals surface area contributed by atoms with Gasteiger partial charge < -0.3 is 10.6 Å². The third kappa shape index (κ3) is 5.11. The molecule has 0 aliphatic carbocycles. The van der Waals surface area contributed by atoms with Crippen molar-refractivity contribution >= 4 is 23.3 Å². The molecule has 0 aromatic heterocycles. The summed E-state index contributed by atoms with van der Waals surface area (Å²) in [5, 5.41) is 6.39. The summed E-state index contributed by atoms with van der Waals surface area (Å²) in [6.45, 7) is 0.577. The SMILES string of the molecule is O=C(NCCC(c1ccccc1)c1ccccc1)Nc1ccc(Cl)cc1. The molecule has 3 nitrogen and oxygen atoms in total. The zero-order valence-corrected chi connectivity index (χ0v) is 15.1. The highest BCUT2D eigenvalue weighted by Crippen LogP contribution is 2.27. The van der Waals surface area contributed by atoms with Crippen LogP contribution in [0.25, 0.3) is 0 Å². The molecule has 0 radical (unpaired) electrons. The van der Waals surface area contributed by atoms with Gasteiger partial charge in [0.05, 0.1) is 0 Å². The number of anilines is 1. The van der Waals surface area contributed by atoms with Gasteiger partial charge in [0.2, 0.25) is 0 Å². The van der Waals surface area contributed by atoms with Crippen molar-refractivity contribution in [2.24, 2.45) is 0 Å². The van der Waals surface area contributed by atoms with Crippen LogP contribution in [0.5, 0.6) is 0 Å². The quantitative estimate of drug-likeness (QED) is 0.580. The summed E-state index contributed by atoms with van der Waals surface area (Å²) in [6, 6.07) is 27.6. The largest absolute Gasteiger partial charge is 0.338 e. The zero-order valence-electron chi connectivity index (χ0n) is 14.4. The maximum Gasteiger partial charge on any atom is 0.319 e. The Balaban J connectivity index is 1.59. The summed E-state index contributed by atoms with van der Waals surface area (Å²) < 4.78 is 0. The van der Waals surface area contributed by atoms with E-state index < -0.39 is 0 Å². The lowest BCUT2D eigenvalue weighted by Crippen LogP contribution is -2.30. The lowest BCUT2D eigenvalue weighted by Gasteiger charge is -2.18. The highest BCUT2D eigenvalue weighted by atomic mass is 35.5. The Hall–Kier alpha value is -2.78. The molecule has 0 atom stereocenters. The summed E-state index contributed by atoms with van der Waals surface area (Å²) >= 11 is 5.85. The van der Waals surface area contributed by atoms with Crippen LogP contribution in [0.1, 0.15) is 23.5 Å². The predicted molar refractivity (Wildman–Crippen MR) is 108 cm³/mol. The van der Waals surface area contributed by atoms with Crippen LogP contribution < -0.4 is 10.6 Å². The number of halogens is 1. The lowest BCUT2D eigenvalue weighted by molar-refractivity contribution is 0.252. The van der Waals surface area contributed by atoms with Crippen molar-refractivity contribution in [3.63, 3.8) is 0 Å². The van der Waals surface area contributed by atoms with E-state index in [0.29, 0.717) is 11.6 Å². The van der Waals surface area contributed by atoms with Gasteiger partial charge in [-0.3, -0.25) is 0 Å². The number of amides is 2. The Morgan fingerprint density at radius 1 is 0.808 bits per heavy atom. The Labute approximate surface area is 159 Å². The van der Waals surface area contributed by atoms with Crippen LogP contribution >= 0.6 is 11.6 Å². The molecule has 132 valence electrons. The molecule has 0 saturated heterocycles. The van der Waals surface area contributed by atoms with E-state index in [4.69, 9.17) is 11.6 Å². The Kier molecular flexibility index (Phi) is 6.29. The predicted octanol–water partition coefficient (Wildman–Crippen LogP) is 5.68.